The molecule has 0 saturated heterocycles. The Labute approximate surface area is 148 Å². The zero-order chi connectivity index (χ0) is 0. The molecule has 0 aliphatic heterocycles. The van der Waals surface area contributed by atoms with Crippen LogP contribution >= 0.6 is 0 Å². The molecule has 0 aromatic rings. The molecule has 4 heavy (non-hydrogen) atoms. The van der Waals surface area contributed by atoms with E-state index in [1.807, 2.05) is 0 Å². The van der Waals surface area contributed by atoms with Crippen LogP contribution < -0.4 is 0 Å². The summed E-state index contributed by atoms with van der Waals surface area (Å²) in [5, 5.41) is 0. The van der Waals surface area contributed by atoms with Gasteiger partial charge in [0.05, 0.1) is 0 Å². The van der Waals surface area contributed by atoms with Gasteiger partial charge in [0.15, 0.2) is 0 Å². The fourth-order valence-corrected chi connectivity index (χ4v) is 0. The molecule has 24 valence electrons. The predicted octanol–water partition coefficient (Wildman–Crippen LogP) is -0.919. The van der Waals surface area contributed by atoms with Crippen LogP contribution in [-0.4, -0.2) is 37.7 Å². The molecule has 0 heterocycles. The first kappa shape index (κ1) is 23.0. The molecule has 0 rings (SSSR count). The van der Waals surface area contributed by atoms with Crippen molar-refractivity contribution in [2.75, 3.05) is 0 Å². The fourth-order valence-electron chi connectivity index (χ4n) is 0. The smallest absolute Gasteiger partial charge is 0 e. The van der Waals surface area contributed by atoms with E-state index in [0.29, 0.717) is 0 Å². The van der Waals surface area contributed by atoms with Gasteiger partial charge in [-0.25, -0.2) is 0 Å². The molecule has 0 atom stereocenters. The molecule has 4 heteroatoms. The Morgan fingerprint density at radius 2 is 1.00 bits per heavy atom. The van der Waals surface area contributed by atoms with Crippen LogP contribution in [0, 0.1) is 82.5 Å². The van der Waals surface area contributed by atoms with Crippen molar-refractivity contribution in [1.29, 1.82) is 0 Å². The van der Waals surface area contributed by atoms with Crippen LogP contribution in [0.15, 0.2) is 0 Å². The third kappa shape index (κ3) is 10.1. The van der Waals surface area contributed by atoms with Crippen LogP contribution in [0.1, 0.15) is 0 Å². The van der Waals surface area contributed by atoms with Gasteiger partial charge in [-0.2, -0.15) is 0 Å². The Hall–Kier alpha value is 5.08. The second-order valence-corrected chi connectivity index (χ2v) is 0. The van der Waals surface area contributed by atoms with E-state index in [-0.39, 0.29) is 153 Å². The van der Waals surface area contributed by atoms with Crippen molar-refractivity contribution in [1.82, 2.24) is 0 Å². The summed E-state index contributed by atoms with van der Waals surface area (Å²) in [6.07, 6.45) is 0. The molecule has 0 aromatic carbocycles. The average molecular weight is 443 g/mol. The summed E-state index contributed by atoms with van der Waals surface area (Å²) < 4.78 is 0. The Kier molecular flexibility index (Phi) is 90.1. The number of hydrogen-bond donors (Lipinski definition) is 0. The molecule has 0 nitrogen and oxygen atoms in total. The molecule has 2 radical (unpaired) electrons. The minimum Gasteiger partial charge on any atom is 0 e. The molecule has 0 saturated carbocycles. The van der Waals surface area contributed by atoms with Crippen molar-refractivity contribution in [2.45, 2.75) is 0 Å². The summed E-state index contributed by atoms with van der Waals surface area (Å²) in [7, 11) is 0. The quantitative estimate of drug-likeness (QED) is 0.426. The molecular weight excluding hydrogens is 441 g/mol. The van der Waals surface area contributed by atoms with Gasteiger partial charge in [-0.15, -0.1) is 0 Å². The van der Waals surface area contributed by atoms with E-state index in [9.17, 15) is 0 Å². The normalized spacial score (nSPS) is 0. The Morgan fingerprint density at radius 3 is 1.00 bits per heavy atom. The topological polar surface area (TPSA) is 0 Å². The number of rotatable bonds is 0. The van der Waals surface area contributed by atoms with E-state index in [2.05, 4.69) is 0 Å². The van der Waals surface area contributed by atoms with E-state index in [4.69, 9.17) is 0 Å². The minimum absolute atomic E-state index is 0. The monoisotopic (exact) mass is 444 g/mol. The van der Waals surface area contributed by atoms with Gasteiger partial charge in [0, 0.05) is 115 Å². The maximum Gasteiger partial charge on any atom is 0 e. The second kappa shape index (κ2) is 15.7. The zero-order valence-electron chi connectivity index (χ0n) is 1.42. The van der Waals surface area contributed by atoms with E-state index < -0.39 is 0 Å². The van der Waals surface area contributed by atoms with Crippen LogP contribution in [0.5, 0.6) is 0 Å². The predicted molar refractivity (Wildman–Crippen MR) is 8.54 cm³/mol. The summed E-state index contributed by atoms with van der Waals surface area (Å²) in [6.45, 7) is 0. The summed E-state index contributed by atoms with van der Waals surface area (Å²) in [4.78, 5) is 0. The molecule has 0 aliphatic carbocycles. The van der Waals surface area contributed by atoms with Crippen molar-refractivity contribution in [3.05, 3.63) is 0 Å². The first-order chi connectivity index (χ1) is 0. The first-order valence-corrected chi connectivity index (χ1v) is 0. The SMILES string of the molecule is [CaH2].[La].[Y].[Yb]. The fraction of sp³-hybridized carbons (Fsp3) is 0. The molecule has 0 bridgehead atoms. The second-order valence-electron chi connectivity index (χ2n) is 0. The van der Waals surface area contributed by atoms with Gasteiger partial charge in [0.25, 0.3) is 0 Å². The standard InChI is InChI=1S/Ca.La.Y.Yb.2H. The molecule has 0 unspecified atom stereocenters. The molecule has 0 N–H and O–H groups in total. The summed E-state index contributed by atoms with van der Waals surface area (Å²) >= 11 is 0. The van der Waals surface area contributed by atoms with Crippen LogP contribution in [0.25, 0.3) is 0 Å². The molecule has 0 fully saturated rings. The van der Waals surface area contributed by atoms with Gasteiger partial charge in [-0.3, -0.25) is 0 Å². The zero-order valence-corrected chi connectivity index (χ0v) is 9.60. The van der Waals surface area contributed by atoms with Gasteiger partial charge >= 0.3 is 37.7 Å². The molecule has 0 spiro atoms. The molecule has 0 aliphatic rings. The number of hydrogen-bond acceptors (Lipinski definition) is 0. The molecule has 0 amide bonds. The van der Waals surface area contributed by atoms with Crippen molar-refractivity contribution in [3.63, 3.8) is 0 Å². The maximum atomic E-state index is 0. The molecular formula is H2CaLaYYb. The van der Waals surface area contributed by atoms with Crippen LogP contribution in [0.3, 0.4) is 0 Å². The van der Waals surface area contributed by atoms with Gasteiger partial charge < -0.3 is 0 Å². The van der Waals surface area contributed by atoms with Crippen molar-refractivity contribution in [3.8, 4) is 0 Å². The van der Waals surface area contributed by atoms with E-state index in [0.717, 1.165) is 0 Å². The van der Waals surface area contributed by atoms with Crippen LogP contribution in [0.4, 0.5) is 0 Å². The van der Waals surface area contributed by atoms with Crippen molar-refractivity contribution < 1.29 is 115 Å². The Bertz CT molecular complexity index is 8.00. The van der Waals surface area contributed by atoms with E-state index >= 15 is 0 Å². The van der Waals surface area contributed by atoms with Crippen molar-refractivity contribution >= 4 is 37.7 Å². The summed E-state index contributed by atoms with van der Waals surface area (Å²) in [5.74, 6) is 0. The first-order valence-electron chi connectivity index (χ1n) is 0. The van der Waals surface area contributed by atoms with Gasteiger partial charge in [-0.1, -0.05) is 0 Å². The Morgan fingerprint density at radius 1 is 1.00 bits per heavy atom. The average Bonchev–Trinajstić information content (AvgIpc) is 0. The third-order valence-electron chi connectivity index (χ3n) is 0. The van der Waals surface area contributed by atoms with Crippen LogP contribution in [0.2, 0.25) is 0 Å². The van der Waals surface area contributed by atoms with Crippen molar-refractivity contribution in [2.24, 2.45) is 0 Å². The van der Waals surface area contributed by atoms with Gasteiger partial charge in [0.1, 0.15) is 0 Å². The minimum atomic E-state index is 0. The van der Waals surface area contributed by atoms with E-state index in [1.54, 1.807) is 0 Å². The summed E-state index contributed by atoms with van der Waals surface area (Å²) in [5.41, 5.74) is 0. The largest absolute Gasteiger partial charge is 0 e. The van der Waals surface area contributed by atoms with Gasteiger partial charge in [-0.05, 0) is 0 Å². The van der Waals surface area contributed by atoms with Crippen LogP contribution in [-0.2, 0) is 32.7 Å². The van der Waals surface area contributed by atoms with E-state index in [1.165, 1.54) is 0 Å². The van der Waals surface area contributed by atoms with Gasteiger partial charge in [0.2, 0.25) is 0 Å². The third-order valence-corrected chi connectivity index (χ3v) is 0. The Balaban J connectivity index is 0. The summed E-state index contributed by atoms with van der Waals surface area (Å²) in [6, 6.07) is 0. The maximum absolute atomic E-state index is 0. The molecule has 0 aromatic heterocycles.